The maximum Gasteiger partial charge on any atom is 0.331 e. The smallest absolute Gasteiger partial charge is 0.331 e. The van der Waals surface area contributed by atoms with E-state index in [-0.39, 0.29) is 6.04 Å². The minimum atomic E-state index is -0.825. The molecule has 100 valence electrons. The third kappa shape index (κ3) is 3.96. The zero-order valence-electron chi connectivity index (χ0n) is 11.4. The summed E-state index contributed by atoms with van der Waals surface area (Å²) in [5, 5.41) is 12.2. The second kappa shape index (κ2) is 6.71. The predicted molar refractivity (Wildman–Crippen MR) is 76.2 cm³/mol. The Hall–Kier alpha value is -1.13. The molecule has 0 aliphatic rings. The molecule has 0 bridgehead atoms. The van der Waals surface area contributed by atoms with E-state index in [2.05, 4.69) is 32.2 Å². The van der Waals surface area contributed by atoms with Crippen molar-refractivity contribution in [2.45, 2.75) is 40.2 Å². The van der Waals surface area contributed by atoms with Crippen LogP contribution in [-0.2, 0) is 4.79 Å². The number of thiophene rings is 1. The van der Waals surface area contributed by atoms with Gasteiger partial charge in [-0.15, -0.1) is 11.3 Å². The van der Waals surface area contributed by atoms with Crippen molar-refractivity contribution < 1.29 is 9.90 Å². The Morgan fingerprint density at radius 2 is 2.22 bits per heavy atom. The molecule has 0 aliphatic heterocycles. The first-order valence-corrected chi connectivity index (χ1v) is 7.00. The topological polar surface area (TPSA) is 49.3 Å². The number of rotatable bonds is 6. The SMILES string of the molecule is CC/C(=C/CNC(C)c1cc(C)sc1C)C(=O)O. The molecule has 1 heterocycles. The molecule has 0 fully saturated rings. The van der Waals surface area contributed by atoms with Gasteiger partial charge in [0, 0.05) is 27.9 Å². The van der Waals surface area contributed by atoms with E-state index < -0.39 is 5.97 Å². The molecule has 1 rings (SSSR count). The Bertz CT molecular complexity index is 449. The van der Waals surface area contributed by atoms with Gasteiger partial charge in [-0.25, -0.2) is 4.79 Å². The van der Waals surface area contributed by atoms with Gasteiger partial charge in [-0.2, -0.15) is 0 Å². The van der Waals surface area contributed by atoms with E-state index in [0.29, 0.717) is 18.5 Å². The number of carbonyl (C=O) groups is 1. The standard InChI is InChI=1S/C14H21NO2S/c1-5-12(14(16)17)6-7-15-10(3)13-8-9(2)18-11(13)4/h6,8,10,15H,5,7H2,1-4H3,(H,16,17)/b12-6-. The van der Waals surface area contributed by atoms with Crippen LogP contribution in [-0.4, -0.2) is 17.6 Å². The molecule has 0 saturated carbocycles. The van der Waals surface area contributed by atoms with Crippen LogP contribution in [0.25, 0.3) is 0 Å². The molecule has 2 N–H and O–H groups in total. The molecule has 0 aliphatic carbocycles. The molecule has 0 aromatic carbocycles. The summed E-state index contributed by atoms with van der Waals surface area (Å²) in [6, 6.07) is 2.44. The highest BCUT2D eigenvalue weighted by molar-refractivity contribution is 7.12. The fourth-order valence-corrected chi connectivity index (χ4v) is 2.95. The van der Waals surface area contributed by atoms with Gasteiger partial charge in [0.15, 0.2) is 0 Å². The van der Waals surface area contributed by atoms with E-state index >= 15 is 0 Å². The number of aryl methyl sites for hydroxylation is 2. The summed E-state index contributed by atoms with van der Waals surface area (Å²) in [4.78, 5) is 13.5. The first-order valence-electron chi connectivity index (χ1n) is 6.18. The summed E-state index contributed by atoms with van der Waals surface area (Å²) < 4.78 is 0. The summed E-state index contributed by atoms with van der Waals surface area (Å²) in [5.41, 5.74) is 1.77. The highest BCUT2D eigenvalue weighted by Gasteiger charge is 2.10. The van der Waals surface area contributed by atoms with Crippen LogP contribution in [0.5, 0.6) is 0 Å². The molecule has 1 unspecified atom stereocenters. The third-order valence-electron chi connectivity index (χ3n) is 2.97. The number of aliphatic carboxylic acids is 1. The lowest BCUT2D eigenvalue weighted by molar-refractivity contribution is -0.132. The van der Waals surface area contributed by atoms with Crippen LogP contribution < -0.4 is 5.32 Å². The molecular formula is C14H21NO2S. The van der Waals surface area contributed by atoms with Crippen molar-refractivity contribution in [1.29, 1.82) is 0 Å². The van der Waals surface area contributed by atoms with E-state index in [1.807, 2.05) is 6.92 Å². The van der Waals surface area contributed by atoms with Gasteiger partial charge in [0.05, 0.1) is 0 Å². The van der Waals surface area contributed by atoms with Gasteiger partial charge in [-0.05, 0) is 38.8 Å². The van der Waals surface area contributed by atoms with Crippen LogP contribution >= 0.6 is 11.3 Å². The normalized spacial score (nSPS) is 13.7. The maximum absolute atomic E-state index is 10.8. The van der Waals surface area contributed by atoms with Crippen LogP contribution in [0.3, 0.4) is 0 Å². The fourth-order valence-electron chi connectivity index (χ4n) is 1.93. The Balaban J connectivity index is 2.59. The van der Waals surface area contributed by atoms with E-state index in [1.54, 1.807) is 17.4 Å². The van der Waals surface area contributed by atoms with Crippen LogP contribution in [0.15, 0.2) is 17.7 Å². The fraction of sp³-hybridized carbons (Fsp3) is 0.500. The molecule has 0 spiro atoms. The second-order valence-electron chi connectivity index (χ2n) is 4.39. The summed E-state index contributed by atoms with van der Waals surface area (Å²) in [5.74, 6) is -0.825. The average Bonchev–Trinajstić information content (AvgIpc) is 2.63. The second-order valence-corrected chi connectivity index (χ2v) is 5.85. The van der Waals surface area contributed by atoms with Gasteiger partial charge < -0.3 is 10.4 Å². The van der Waals surface area contributed by atoms with E-state index in [1.165, 1.54) is 15.3 Å². The molecule has 0 amide bonds. The van der Waals surface area contributed by atoms with Gasteiger partial charge in [-0.1, -0.05) is 13.0 Å². The third-order valence-corrected chi connectivity index (χ3v) is 3.96. The number of hydrogen-bond acceptors (Lipinski definition) is 3. The van der Waals surface area contributed by atoms with Crippen molar-refractivity contribution in [3.8, 4) is 0 Å². The molecule has 0 radical (unpaired) electrons. The Morgan fingerprint density at radius 1 is 1.56 bits per heavy atom. The van der Waals surface area contributed by atoms with Crippen molar-refractivity contribution in [3.63, 3.8) is 0 Å². The molecule has 3 nitrogen and oxygen atoms in total. The molecule has 1 aromatic heterocycles. The van der Waals surface area contributed by atoms with Crippen LogP contribution in [0.1, 0.15) is 41.6 Å². The number of carboxylic acid groups (broad SMARTS) is 1. The highest BCUT2D eigenvalue weighted by Crippen LogP contribution is 2.25. The minimum absolute atomic E-state index is 0.248. The Morgan fingerprint density at radius 3 is 2.67 bits per heavy atom. The van der Waals surface area contributed by atoms with Gasteiger partial charge in [0.25, 0.3) is 0 Å². The zero-order valence-corrected chi connectivity index (χ0v) is 12.2. The van der Waals surface area contributed by atoms with Gasteiger partial charge >= 0.3 is 5.97 Å². The lowest BCUT2D eigenvalue weighted by Gasteiger charge is -2.12. The summed E-state index contributed by atoms with van der Waals surface area (Å²) >= 11 is 1.80. The number of hydrogen-bond donors (Lipinski definition) is 2. The molecule has 0 saturated heterocycles. The monoisotopic (exact) mass is 267 g/mol. The van der Waals surface area contributed by atoms with E-state index in [0.717, 1.165) is 0 Å². The predicted octanol–water partition coefficient (Wildman–Crippen LogP) is 3.44. The lowest BCUT2D eigenvalue weighted by atomic mass is 10.1. The van der Waals surface area contributed by atoms with Gasteiger partial charge in [-0.3, -0.25) is 0 Å². The quantitative estimate of drug-likeness (QED) is 0.776. The van der Waals surface area contributed by atoms with Gasteiger partial charge in [0.2, 0.25) is 0 Å². The van der Waals surface area contributed by atoms with Crippen LogP contribution in [0.4, 0.5) is 0 Å². The van der Waals surface area contributed by atoms with Crippen molar-refractivity contribution in [2.24, 2.45) is 0 Å². The summed E-state index contributed by atoms with van der Waals surface area (Å²) in [6.45, 7) is 8.78. The molecule has 4 heteroatoms. The molecular weight excluding hydrogens is 246 g/mol. The van der Waals surface area contributed by atoms with Crippen molar-refractivity contribution in [2.75, 3.05) is 6.54 Å². The summed E-state index contributed by atoms with van der Waals surface area (Å²) in [7, 11) is 0. The highest BCUT2D eigenvalue weighted by atomic mass is 32.1. The largest absolute Gasteiger partial charge is 0.478 e. The lowest BCUT2D eigenvalue weighted by Crippen LogP contribution is -2.19. The number of nitrogens with one attached hydrogen (secondary N) is 1. The molecule has 1 atom stereocenters. The van der Waals surface area contributed by atoms with Crippen molar-refractivity contribution in [1.82, 2.24) is 5.32 Å². The van der Waals surface area contributed by atoms with Gasteiger partial charge in [0.1, 0.15) is 0 Å². The molecule has 1 aromatic rings. The average molecular weight is 267 g/mol. The maximum atomic E-state index is 10.8. The number of carboxylic acids is 1. The van der Waals surface area contributed by atoms with Crippen LogP contribution in [0, 0.1) is 13.8 Å². The zero-order chi connectivity index (χ0) is 13.7. The van der Waals surface area contributed by atoms with E-state index in [9.17, 15) is 4.79 Å². The Labute approximate surface area is 113 Å². The minimum Gasteiger partial charge on any atom is -0.478 e. The van der Waals surface area contributed by atoms with E-state index in [4.69, 9.17) is 5.11 Å². The van der Waals surface area contributed by atoms with Crippen molar-refractivity contribution >= 4 is 17.3 Å². The molecule has 18 heavy (non-hydrogen) atoms. The van der Waals surface area contributed by atoms with Crippen LogP contribution in [0.2, 0.25) is 0 Å². The van der Waals surface area contributed by atoms with Crippen molar-refractivity contribution in [3.05, 3.63) is 33.0 Å². The summed E-state index contributed by atoms with van der Waals surface area (Å²) in [6.07, 6.45) is 2.31. The Kier molecular flexibility index (Phi) is 5.56. The first kappa shape index (κ1) is 14.9. The first-order chi connectivity index (χ1) is 8.45.